The van der Waals surface area contributed by atoms with Gasteiger partial charge in [-0.1, -0.05) is 6.07 Å². The lowest BCUT2D eigenvalue weighted by Crippen LogP contribution is -2.34. The van der Waals surface area contributed by atoms with Crippen molar-refractivity contribution in [1.29, 1.82) is 0 Å². The van der Waals surface area contributed by atoms with E-state index in [9.17, 15) is 23.9 Å². The summed E-state index contributed by atoms with van der Waals surface area (Å²) < 4.78 is 19.9. The molecule has 0 aliphatic heterocycles. The summed E-state index contributed by atoms with van der Waals surface area (Å²) in [6.07, 6.45) is 1.71. The number of amides is 2. The van der Waals surface area contributed by atoms with E-state index in [0.29, 0.717) is 16.6 Å². The number of methoxy groups -OCH3 is 1. The summed E-state index contributed by atoms with van der Waals surface area (Å²) in [5, 5.41) is 15.9. The summed E-state index contributed by atoms with van der Waals surface area (Å²) in [6.45, 7) is 4.04. The molecule has 3 N–H and O–H groups in total. The van der Waals surface area contributed by atoms with Gasteiger partial charge >= 0.3 is 0 Å². The average Bonchev–Trinajstić information content (AvgIpc) is 2.78. The molecule has 1 aromatic carbocycles. The quantitative estimate of drug-likeness (QED) is 0.432. The maximum absolute atomic E-state index is 13.8. The number of benzene rings is 1. The summed E-state index contributed by atoms with van der Waals surface area (Å²) >= 11 is 0. The molecule has 0 spiro atoms. The molecule has 180 valence electrons. The molecule has 2 heterocycles. The third-order valence-corrected chi connectivity index (χ3v) is 5.21. The Kier molecular flexibility index (Phi) is 7.62. The molecule has 0 fully saturated rings. The van der Waals surface area contributed by atoms with Gasteiger partial charge in [0.1, 0.15) is 16.9 Å². The lowest BCUT2D eigenvalue weighted by Gasteiger charge is -2.14. The highest BCUT2D eigenvalue weighted by atomic mass is 19.1. The van der Waals surface area contributed by atoms with Gasteiger partial charge in [-0.05, 0) is 49.6 Å². The Labute approximate surface area is 195 Å². The molecule has 0 aliphatic rings. The van der Waals surface area contributed by atoms with Crippen LogP contribution in [0.2, 0.25) is 0 Å². The summed E-state index contributed by atoms with van der Waals surface area (Å²) in [5.41, 5.74) is 0.709. The Bertz CT molecular complexity index is 1300. The van der Waals surface area contributed by atoms with Crippen LogP contribution < -0.4 is 16.2 Å². The molecule has 0 atom stereocenters. The van der Waals surface area contributed by atoms with Crippen LogP contribution in [-0.4, -0.2) is 52.8 Å². The predicted molar refractivity (Wildman–Crippen MR) is 125 cm³/mol. The number of fused-ring (bicyclic) bond motifs is 1. The molecule has 0 unspecified atom stereocenters. The molecule has 0 bridgehead atoms. The largest absolute Gasteiger partial charge is 0.505 e. The van der Waals surface area contributed by atoms with Crippen molar-refractivity contribution in [2.45, 2.75) is 26.3 Å². The van der Waals surface area contributed by atoms with E-state index in [0.717, 1.165) is 0 Å². The van der Waals surface area contributed by atoms with Gasteiger partial charge in [-0.15, -0.1) is 0 Å². The number of nitrogens with zero attached hydrogens (tertiary/aromatic N) is 2. The van der Waals surface area contributed by atoms with Crippen molar-refractivity contribution in [2.75, 3.05) is 20.3 Å². The maximum atomic E-state index is 13.8. The van der Waals surface area contributed by atoms with Gasteiger partial charge in [0.25, 0.3) is 17.4 Å². The molecule has 34 heavy (non-hydrogen) atoms. The number of pyridine rings is 2. The third kappa shape index (κ3) is 5.23. The highest BCUT2D eigenvalue weighted by Gasteiger charge is 2.22. The van der Waals surface area contributed by atoms with E-state index in [1.165, 1.54) is 43.1 Å². The van der Waals surface area contributed by atoms with Gasteiger partial charge in [-0.3, -0.25) is 19.4 Å². The first kappa shape index (κ1) is 24.8. The zero-order valence-corrected chi connectivity index (χ0v) is 19.4. The maximum Gasteiger partial charge on any atom is 0.267 e. The topological polar surface area (TPSA) is 123 Å². The molecule has 2 amide bonds. The van der Waals surface area contributed by atoms with Gasteiger partial charge in [0.05, 0.1) is 12.1 Å². The van der Waals surface area contributed by atoms with Gasteiger partial charge < -0.3 is 25.0 Å². The Morgan fingerprint density at radius 3 is 2.65 bits per heavy atom. The van der Waals surface area contributed by atoms with Crippen molar-refractivity contribution in [3.63, 3.8) is 0 Å². The molecular weight excluding hydrogens is 443 g/mol. The monoisotopic (exact) mass is 470 g/mol. The molecular formula is C24H27FN4O5. The number of carbonyl (C=O) groups excluding carboxylic acids is 2. The van der Waals surface area contributed by atoms with Crippen LogP contribution in [0.15, 0.2) is 35.3 Å². The lowest BCUT2D eigenvalue weighted by molar-refractivity contribution is 0.0927. The predicted octanol–water partition coefficient (Wildman–Crippen LogP) is 1.88. The van der Waals surface area contributed by atoms with Crippen LogP contribution in [0.25, 0.3) is 11.0 Å². The summed E-state index contributed by atoms with van der Waals surface area (Å²) in [5.74, 6) is -2.17. The summed E-state index contributed by atoms with van der Waals surface area (Å²) in [7, 11) is 2.95. The molecule has 0 saturated carbocycles. The fourth-order valence-electron chi connectivity index (χ4n) is 3.56. The smallest absolute Gasteiger partial charge is 0.267 e. The number of aromatic hydroxyl groups is 1. The molecule has 9 nitrogen and oxygen atoms in total. The van der Waals surface area contributed by atoms with Crippen molar-refractivity contribution in [3.8, 4) is 5.75 Å². The Morgan fingerprint density at radius 2 is 1.97 bits per heavy atom. The van der Waals surface area contributed by atoms with Crippen molar-refractivity contribution in [2.24, 2.45) is 7.05 Å². The van der Waals surface area contributed by atoms with Crippen molar-refractivity contribution < 1.29 is 23.8 Å². The van der Waals surface area contributed by atoms with Crippen LogP contribution in [0.3, 0.4) is 0 Å². The SMILES string of the molecule is COCCNC(=O)c1c(O)c2ncc(Cc3ccc(F)cc3C(=O)NC(C)C)cc2n(C)c1=O. The van der Waals surface area contributed by atoms with Crippen molar-refractivity contribution >= 4 is 22.8 Å². The van der Waals surface area contributed by atoms with E-state index in [1.54, 1.807) is 6.07 Å². The van der Waals surface area contributed by atoms with Crippen molar-refractivity contribution in [1.82, 2.24) is 20.2 Å². The van der Waals surface area contributed by atoms with E-state index in [4.69, 9.17) is 4.74 Å². The number of aromatic nitrogens is 2. The fraction of sp³-hybridized carbons (Fsp3) is 0.333. The van der Waals surface area contributed by atoms with E-state index < -0.39 is 34.5 Å². The average molecular weight is 471 g/mol. The minimum Gasteiger partial charge on any atom is -0.505 e. The lowest BCUT2D eigenvalue weighted by atomic mass is 9.99. The molecule has 0 saturated heterocycles. The van der Waals surface area contributed by atoms with Crippen LogP contribution in [0.1, 0.15) is 45.7 Å². The third-order valence-electron chi connectivity index (χ3n) is 5.21. The first-order valence-corrected chi connectivity index (χ1v) is 10.7. The number of halogens is 1. The number of nitrogens with one attached hydrogen (secondary N) is 2. The van der Waals surface area contributed by atoms with E-state index in [1.807, 2.05) is 13.8 Å². The van der Waals surface area contributed by atoms with Gasteiger partial charge in [0.15, 0.2) is 5.75 Å². The zero-order valence-electron chi connectivity index (χ0n) is 19.4. The van der Waals surface area contributed by atoms with Gasteiger partial charge in [-0.2, -0.15) is 0 Å². The number of rotatable bonds is 8. The minimum absolute atomic E-state index is 0.0830. The molecule has 3 aromatic rings. The fourth-order valence-corrected chi connectivity index (χ4v) is 3.56. The van der Waals surface area contributed by atoms with E-state index in [2.05, 4.69) is 15.6 Å². The number of hydrogen-bond acceptors (Lipinski definition) is 6. The van der Waals surface area contributed by atoms with Crippen LogP contribution in [0.5, 0.6) is 5.75 Å². The highest BCUT2D eigenvalue weighted by molar-refractivity contribution is 6.01. The van der Waals surface area contributed by atoms with E-state index in [-0.39, 0.29) is 36.7 Å². The van der Waals surface area contributed by atoms with Gasteiger partial charge in [0, 0.05) is 38.5 Å². The molecule has 0 radical (unpaired) electrons. The van der Waals surface area contributed by atoms with Crippen LogP contribution in [0.4, 0.5) is 4.39 Å². The first-order chi connectivity index (χ1) is 16.1. The van der Waals surface area contributed by atoms with E-state index >= 15 is 0 Å². The normalized spacial score (nSPS) is 11.1. The Morgan fingerprint density at radius 1 is 1.24 bits per heavy atom. The standard InChI is InChI=1S/C24H27FN4O5/c1-13(2)28-22(31)17-11-16(25)6-5-15(17)9-14-10-18-20(27-12-14)21(30)19(24(33)29(18)3)23(32)26-7-8-34-4/h5-6,10-13,30H,7-9H2,1-4H3,(H,26,32)(H,28,31). The zero-order chi connectivity index (χ0) is 25.0. The summed E-state index contributed by atoms with van der Waals surface area (Å²) in [4.78, 5) is 42.1. The minimum atomic E-state index is -0.727. The molecule has 10 heteroatoms. The van der Waals surface area contributed by atoms with Gasteiger partial charge in [-0.25, -0.2) is 4.39 Å². The highest BCUT2D eigenvalue weighted by Crippen LogP contribution is 2.26. The van der Waals surface area contributed by atoms with Crippen molar-refractivity contribution in [3.05, 3.63) is 68.9 Å². The van der Waals surface area contributed by atoms with Crippen LogP contribution in [0, 0.1) is 5.82 Å². The first-order valence-electron chi connectivity index (χ1n) is 10.7. The Hall–Kier alpha value is -3.79. The number of aryl methyl sites for hydroxylation is 1. The summed E-state index contributed by atoms with van der Waals surface area (Å²) in [6, 6.07) is 5.50. The second-order valence-corrected chi connectivity index (χ2v) is 8.15. The van der Waals surface area contributed by atoms with Gasteiger partial charge in [0.2, 0.25) is 0 Å². The van der Waals surface area contributed by atoms with Crippen LogP contribution in [-0.2, 0) is 18.2 Å². The second-order valence-electron chi connectivity index (χ2n) is 8.15. The molecule has 2 aromatic heterocycles. The molecule has 0 aliphatic carbocycles. The number of ether oxygens (including phenoxy) is 1. The number of hydrogen-bond donors (Lipinski definition) is 3. The number of carbonyl (C=O) groups is 2. The second kappa shape index (κ2) is 10.4. The van der Waals surface area contributed by atoms with Crippen LogP contribution >= 0.6 is 0 Å². The molecule has 3 rings (SSSR count). The Balaban J connectivity index is 2.01.